The van der Waals surface area contributed by atoms with Crippen LogP contribution in [0.25, 0.3) is 0 Å². The van der Waals surface area contributed by atoms with Crippen LogP contribution in [0.4, 0.5) is 0 Å². The van der Waals surface area contributed by atoms with E-state index in [1.54, 1.807) is 24.8 Å². The van der Waals surface area contributed by atoms with Gasteiger partial charge >= 0.3 is 34.8 Å². The Morgan fingerprint density at radius 3 is 2.33 bits per heavy atom. The van der Waals surface area contributed by atoms with E-state index < -0.39 is 88.2 Å². The molecule has 21 heteroatoms. The predicted molar refractivity (Wildman–Crippen MR) is 186 cm³/mol. The lowest BCUT2D eigenvalue weighted by atomic mass is 9.84. The number of carbonyl (C=O) groups is 6. The summed E-state index contributed by atoms with van der Waals surface area (Å²) in [6, 6.07) is 3.37. The van der Waals surface area contributed by atoms with Gasteiger partial charge < -0.3 is 40.2 Å². The van der Waals surface area contributed by atoms with Gasteiger partial charge in [-0.25, -0.2) is 18.0 Å². The van der Waals surface area contributed by atoms with Gasteiger partial charge in [-0.15, -0.1) is 0 Å². The van der Waals surface area contributed by atoms with Crippen molar-refractivity contribution in [3.63, 3.8) is 0 Å². The van der Waals surface area contributed by atoms with Crippen molar-refractivity contribution in [2.75, 3.05) is 13.2 Å². The summed E-state index contributed by atoms with van der Waals surface area (Å²) in [5.41, 5.74) is 0. The molecule has 1 aromatic carbocycles. The van der Waals surface area contributed by atoms with Crippen LogP contribution in [-0.2, 0) is 43.3 Å². The van der Waals surface area contributed by atoms with Crippen LogP contribution in [0.15, 0.2) is 44.9 Å². The van der Waals surface area contributed by atoms with E-state index in [1.165, 1.54) is 24.3 Å². The quantitative estimate of drug-likeness (QED) is 0.103. The highest BCUT2D eigenvalue weighted by molar-refractivity contribution is 7.91. The number of aromatic nitrogens is 2. The Balaban J connectivity index is 0.000000297. The number of nitrogens with zero attached hydrogens (tertiary/aromatic N) is 3. The van der Waals surface area contributed by atoms with E-state index in [0.29, 0.717) is 19.4 Å². The molecule has 2 aromatic rings. The fraction of sp³-hybridized carbons (Fsp3) is 0.588. The summed E-state index contributed by atoms with van der Waals surface area (Å²) in [4.78, 5) is 71.2. The summed E-state index contributed by atoms with van der Waals surface area (Å²) in [6.07, 6.45) is 4.57. The first-order chi connectivity index (χ1) is 26.0. The lowest BCUT2D eigenvalue weighted by molar-refractivity contribution is -0.832. The number of aliphatic carboxylic acids is 3. The number of amides is 2. The molecule has 1 aliphatic heterocycles. The van der Waals surface area contributed by atoms with Crippen LogP contribution in [0.2, 0.25) is 0 Å². The van der Waals surface area contributed by atoms with Crippen LogP contribution in [0.3, 0.4) is 0 Å². The van der Waals surface area contributed by atoms with Gasteiger partial charge in [-0.3, -0.25) is 29.1 Å². The smallest absolute Gasteiger partial charge is 0.414 e. The van der Waals surface area contributed by atoms with E-state index in [-0.39, 0.29) is 33.6 Å². The fourth-order valence-electron chi connectivity index (χ4n) is 6.52. The molecule has 2 aliphatic rings. The van der Waals surface area contributed by atoms with Gasteiger partial charge in [0.05, 0.1) is 35.5 Å². The van der Waals surface area contributed by atoms with Gasteiger partial charge in [0, 0.05) is 6.04 Å². The van der Waals surface area contributed by atoms with Gasteiger partial charge in [0.2, 0.25) is 11.8 Å². The first kappa shape index (κ1) is 44.1. The molecule has 304 valence electrons. The monoisotopic (exact) mass is 797 g/mol. The van der Waals surface area contributed by atoms with E-state index in [2.05, 4.69) is 15.1 Å². The van der Waals surface area contributed by atoms with Crippen LogP contribution in [-0.4, -0.2) is 113 Å². The number of sulfone groups is 1. The second-order valence-electron chi connectivity index (χ2n) is 12.9. The van der Waals surface area contributed by atoms with Crippen LogP contribution < -0.4 is 20.3 Å². The number of rotatable bonds is 18. The molecule has 6 atom stereocenters. The SMILES string of the molecule is CCC[C@H](N[C@@H](C)C(=O)N1C(C(=O)O)C[C@@H]2CCCC[C@@H]21)C(=O)OCC.O=C(O)C[C@H](NC(=O)CCOc1no[n+]([O-])c1S(=O)(=O)c1ccccc1)C(=O)O. The van der Waals surface area contributed by atoms with Crippen molar-refractivity contribution < 1.29 is 71.5 Å². The molecule has 4 rings (SSSR count). The molecule has 1 saturated heterocycles. The van der Waals surface area contributed by atoms with Crippen molar-refractivity contribution in [2.24, 2.45) is 5.92 Å². The number of carbonyl (C=O) groups excluding carboxylic acids is 3. The minimum atomic E-state index is -4.33. The molecular weight excluding hydrogens is 750 g/mol. The number of ether oxygens (including phenoxy) is 2. The largest absolute Gasteiger partial charge is 0.481 e. The molecular formula is C34H47N5O15S. The standard InChI is InChI=1S/C19H32N2O5.C15H15N3O10S/c1-4-8-14(19(25)26-5-2)20-12(3)17(22)21-15-10-7-6-9-13(15)11-16(21)18(23)24;19-11(16-10(15(22)23)8-12(20)21)6-7-27-13-14(18(24)28-17-13)29(25,26)9-4-2-1-3-5-9/h12-16,20H,4-11H2,1-3H3,(H,23,24);1-5,10H,6-8H2,(H,16,19)(H,20,21)(H,22,23)/t12-,13-,14-,15-,16?;10-/m00/s1. The Hall–Kier alpha value is -5.31. The zero-order valence-electron chi connectivity index (χ0n) is 30.6. The van der Waals surface area contributed by atoms with Gasteiger partial charge in [0.25, 0.3) is 9.84 Å². The second kappa shape index (κ2) is 20.4. The van der Waals surface area contributed by atoms with Gasteiger partial charge in [-0.05, 0) is 62.5 Å². The third kappa shape index (κ3) is 11.8. The Morgan fingerprint density at radius 1 is 1.05 bits per heavy atom. The summed E-state index contributed by atoms with van der Waals surface area (Å²) >= 11 is 0. The molecule has 0 radical (unpaired) electrons. The molecule has 1 aliphatic carbocycles. The van der Waals surface area contributed by atoms with E-state index in [0.717, 1.165) is 32.1 Å². The second-order valence-corrected chi connectivity index (χ2v) is 14.8. The van der Waals surface area contributed by atoms with Crippen LogP contribution in [0.1, 0.15) is 78.6 Å². The Labute approximate surface area is 316 Å². The van der Waals surface area contributed by atoms with E-state index in [1.807, 2.05) is 12.2 Å². The molecule has 1 aromatic heterocycles. The Morgan fingerprint density at radius 2 is 1.73 bits per heavy atom. The zero-order chi connectivity index (χ0) is 40.9. The van der Waals surface area contributed by atoms with Crippen molar-refractivity contribution >= 4 is 45.5 Å². The number of carboxylic acids is 3. The summed E-state index contributed by atoms with van der Waals surface area (Å²) < 4.78 is 39.5. The van der Waals surface area contributed by atoms with Gasteiger partial charge in [-0.1, -0.05) is 44.4 Å². The first-order valence-electron chi connectivity index (χ1n) is 17.8. The third-order valence-electron chi connectivity index (χ3n) is 9.03. The minimum absolute atomic E-state index is 0.00817. The van der Waals surface area contributed by atoms with E-state index in [9.17, 15) is 47.5 Å². The predicted octanol–water partition coefficient (Wildman–Crippen LogP) is 0.894. The molecule has 20 nitrogen and oxygen atoms in total. The number of nitrogens with one attached hydrogen (secondary N) is 2. The maximum absolute atomic E-state index is 13.1. The van der Waals surface area contributed by atoms with Crippen LogP contribution in [0.5, 0.6) is 5.88 Å². The summed E-state index contributed by atoms with van der Waals surface area (Å²) in [5, 5.41) is 46.2. The number of carboxylic acid groups (broad SMARTS) is 3. The van der Waals surface area contributed by atoms with Crippen molar-refractivity contribution in [2.45, 2.75) is 119 Å². The average molecular weight is 798 g/mol. The number of hydrogen-bond donors (Lipinski definition) is 5. The molecule has 2 amide bonds. The summed E-state index contributed by atoms with van der Waals surface area (Å²) in [7, 11) is -4.33. The van der Waals surface area contributed by atoms with Gasteiger partial charge in [0.15, 0.2) is 0 Å². The normalized spacial score (nSPS) is 19.4. The number of benzene rings is 1. The number of esters is 1. The fourth-order valence-corrected chi connectivity index (χ4v) is 7.81. The third-order valence-corrected chi connectivity index (χ3v) is 10.8. The van der Waals surface area contributed by atoms with Crippen molar-refractivity contribution in [3.05, 3.63) is 35.5 Å². The van der Waals surface area contributed by atoms with Crippen LogP contribution in [0, 0.1) is 11.1 Å². The summed E-state index contributed by atoms with van der Waals surface area (Å²) in [6.45, 7) is 5.22. The molecule has 2 heterocycles. The Kier molecular flexibility index (Phi) is 16.3. The highest BCUT2D eigenvalue weighted by Crippen LogP contribution is 2.40. The molecule has 0 bridgehead atoms. The number of hydrogen-bond acceptors (Lipinski definition) is 14. The number of likely N-dealkylation sites (tertiary alicyclic amines) is 1. The van der Waals surface area contributed by atoms with Crippen molar-refractivity contribution in [3.8, 4) is 5.88 Å². The molecule has 5 N–H and O–H groups in total. The minimum Gasteiger partial charge on any atom is -0.481 e. The first-order valence-corrected chi connectivity index (χ1v) is 19.3. The maximum atomic E-state index is 13.1. The molecule has 1 saturated carbocycles. The molecule has 0 spiro atoms. The Bertz CT molecular complexity index is 1770. The average Bonchev–Trinajstić information content (AvgIpc) is 3.72. The van der Waals surface area contributed by atoms with Gasteiger partial charge in [-0.2, -0.15) is 0 Å². The summed E-state index contributed by atoms with van der Waals surface area (Å²) in [5.74, 6) is -5.76. The van der Waals surface area contributed by atoms with E-state index in [4.69, 9.17) is 19.7 Å². The molecule has 1 unspecified atom stereocenters. The number of fused-ring (bicyclic) bond motifs is 1. The topological polar surface area (TPSA) is 296 Å². The highest BCUT2D eigenvalue weighted by Gasteiger charge is 2.48. The lowest BCUT2D eigenvalue weighted by Gasteiger charge is -2.35. The van der Waals surface area contributed by atoms with Gasteiger partial charge in [0.1, 0.15) is 24.7 Å². The van der Waals surface area contributed by atoms with Crippen molar-refractivity contribution in [1.82, 2.24) is 20.7 Å². The van der Waals surface area contributed by atoms with Crippen molar-refractivity contribution in [1.29, 1.82) is 0 Å². The molecule has 55 heavy (non-hydrogen) atoms. The lowest BCUT2D eigenvalue weighted by Crippen LogP contribution is -2.55. The zero-order valence-corrected chi connectivity index (χ0v) is 31.4. The maximum Gasteiger partial charge on any atom is 0.414 e. The van der Waals surface area contributed by atoms with Crippen LogP contribution >= 0.6 is 0 Å². The highest BCUT2D eigenvalue weighted by atomic mass is 32.2. The molecule has 2 fully saturated rings. The van der Waals surface area contributed by atoms with E-state index >= 15 is 0 Å².